The molecular formula is C19H35IN6. The molecule has 1 saturated heterocycles. The molecule has 0 unspecified atom stereocenters. The fraction of sp³-hybridized carbons (Fsp3) is 0.684. The highest BCUT2D eigenvalue weighted by Crippen LogP contribution is 2.16. The number of guanidine groups is 1. The Kier molecular flexibility index (Phi) is 10.9. The molecule has 1 aromatic heterocycles. The van der Waals surface area contributed by atoms with E-state index in [-0.39, 0.29) is 24.0 Å². The molecule has 0 atom stereocenters. The van der Waals surface area contributed by atoms with Crippen LogP contribution >= 0.6 is 24.0 Å². The predicted octanol–water partition coefficient (Wildman–Crippen LogP) is 2.55. The lowest BCUT2D eigenvalue weighted by atomic mass is 9.99. The lowest BCUT2D eigenvalue weighted by Gasteiger charge is -2.30. The first-order chi connectivity index (χ1) is 12.1. The molecule has 0 bridgehead atoms. The first-order valence-corrected chi connectivity index (χ1v) is 9.38. The summed E-state index contributed by atoms with van der Waals surface area (Å²) in [5.41, 5.74) is 1.16. The SMILES string of the molecule is CN=C(NCCCN1CCC(C)CC1)NCc1cccnc1N(C)C.I. The van der Waals surface area contributed by atoms with Crippen LogP contribution in [0, 0.1) is 5.92 Å². The number of rotatable bonds is 7. The quantitative estimate of drug-likeness (QED) is 0.276. The van der Waals surface area contributed by atoms with Crippen LogP contribution in [0.15, 0.2) is 23.3 Å². The van der Waals surface area contributed by atoms with Gasteiger partial charge in [0.05, 0.1) is 0 Å². The number of pyridine rings is 1. The standard InChI is InChI=1S/C19H34N6.HI/c1-16-8-13-25(14-9-16)12-6-11-22-19(20-2)23-15-17-7-5-10-21-18(17)24(3)4;/h5,7,10,16H,6,8-9,11-15H2,1-4H3,(H2,20,22,23);1H. The van der Waals surface area contributed by atoms with Gasteiger partial charge >= 0.3 is 0 Å². The topological polar surface area (TPSA) is 55.8 Å². The Labute approximate surface area is 175 Å². The molecule has 1 fully saturated rings. The Morgan fingerprint density at radius 1 is 1.31 bits per heavy atom. The Bertz CT molecular complexity index is 541. The van der Waals surface area contributed by atoms with Gasteiger partial charge in [0.1, 0.15) is 5.82 Å². The summed E-state index contributed by atoms with van der Waals surface area (Å²) >= 11 is 0. The van der Waals surface area contributed by atoms with E-state index >= 15 is 0 Å². The summed E-state index contributed by atoms with van der Waals surface area (Å²) in [6, 6.07) is 4.07. The van der Waals surface area contributed by atoms with Gasteiger partial charge in [0.2, 0.25) is 0 Å². The van der Waals surface area contributed by atoms with Crippen molar-refractivity contribution in [3.05, 3.63) is 23.9 Å². The highest BCUT2D eigenvalue weighted by Gasteiger charge is 2.14. The third-order valence-corrected chi connectivity index (χ3v) is 4.78. The van der Waals surface area contributed by atoms with E-state index < -0.39 is 0 Å². The number of aromatic nitrogens is 1. The second kappa shape index (κ2) is 12.3. The summed E-state index contributed by atoms with van der Waals surface area (Å²) in [4.78, 5) is 13.4. The second-order valence-corrected chi connectivity index (χ2v) is 7.11. The van der Waals surface area contributed by atoms with Gasteiger partial charge in [-0.3, -0.25) is 4.99 Å². The van der Waals surface area contributed by atoms with Crippen LogP contribution in [0.3, 0.4) is 0 Å². The molecule has 1 aromatic rings. The largest absolute Gasteiger partial charge is 0.362 e. The molecule has 2 N–H and O–H groups in total. The number of anilines is 1. The van der Waals surface area contributed by atoms with Crippen LogP contribution in [0.1, 0.15) is 31.7 Å². The molecular weight excluding hydrogens is 439 g/mol. The summed E-state index contributed by atoms with van der Waals surface area (Å²) < 4.78 is 0. The van der Waals surface area contributed by atoms with Gasteiger partial charge in [-0.2, -0.15) is 0 Å². The maximum atomic E-state index is 4.43. The van der Waals surface area contributed by atoms with E-state index in [4.69, 9.17) is 0 Å². The molecule has 0 aliphatic carbocycles. The summed E-state index contributed by atoms with van der Waals surface area (Å²) in [7, 11) is 5.85. The van der Waals surface area contributed by atoms with Crippen LogP contribution in [-0.4, -0.2) is 63.2 Å². The molecule has 0 amide bonds. The van der Waals surface area contributed by atoms with Gasteiger partial charge in [-0.05, 0) is 50.9 Å². The van der Waals surface area contributed by atoms with Crippen LogP contribution in [0.4, 0.5) is 5.82 Å². The third-order valence-electron chi connectivity index (χ3n) is 4.78. The van der Waals surface area contributed by atoms with Gasteiger partial charge in [-0.15, -0.1) is 24.0 Å². The van der Waals surface area contributed by atoms with Crippen molar-refractivity contribution in [3.63, 3.8) is 0 Å². The number of aliphatic imine (C=N–C) groups is 1. The molecule has 1 aliphatic heterocycles. The number of nitrogens with zero attached hydrogens (tertiary/aromatic N) is 4. The summed E-state index contributed by atoms with van der Waals surface area (Å²) in [5, 5.41) is 6.80. The van der Waals surface area contributed by atoms with E-state index in [1.54, 1.807) is 0 Å². The number of likely N-dealkylation sites (tertiary alicyclic amines) is 1. The second-order valence-electron chi connectivity index (χ2n) is 7.11. The van der Waals surface area contributed by atoms with E-state index in [0.717, 1.165) is 36.2 Å². The third kappa shape index (κ3) is 7.65. The zero-order valence-electron chi connectivity index (χ0n) is 16.7. The Morgan fingerprint density at radius 2 is 2.04 bits per heavy atom. The van der Waals surface area contributed by atoms with Gasteiger partial charge in [0.25, 0.3) is 0 Å². The molecule has 26 heavy (non-hydrogen) atoms. The zero-order chi connectivity index (χ0) is 18.1. The molecule has 6 nitrogen and oxygen atoms in total. The lowest BCUT2D eigenvalue weighted by Crippen LogP contribution is -2.39. The highest BCUT2D eigenvalue weighted by atomic mass is 127. The lowest BCUT2D eigenvalue weighted by molar-refractivity contribution is 0.191. The van der Waals surface area contributed by atoms with E-state index in [1.165, 1.54) is 32.5 Å². The normalized spacial score (nSPS) is 16.1. The Balaban J connectivity index is 0.00000338. The fourth-order valence-corrected chi connectivity index (χ4v) is 3.17. The van der Waals surface area contributed by atoms with Gasteiger partial charge in [0, 0.05) is 46.0 Å². The van der Waals surface area contributed by atoms with Crippen LogP contribution in [0.5, 0.6) is 0 Å². The number of hydrogen-bond donors (Lipinski definition) is 2. The first-order valence-electron chi connectivity index (χ1n) is 9.38. The minimum absolute atomic E-state index is 0. The molecule has 148 valence electrons. The maximum Gasteiger partial charge on any atom is 0.191 e. The Hall–Kier alpha value is -1.09. The van der Waals surface area contributed by atoms with Crippen molar-refractivity contribution in [2.75, 3.05) is 52.2 Å². The van der Waals surface area contributed by atoms with E-state index in [2.05, 4.69) is 38.5 Å². The number of piperidine rings is 1. The minimum atomic E-state index is 0. The zero-order valence-corrected chi connectivity index (χ0v) is 19.0. The summed E-state index contributed by atoms with van der Waals surface area (Å²) in [6.45, 7) is 7.69. The molecule has 1 aliphatic rings. The average Bonchev–Trinajstić information content (AvgIpc) is 2.62. The monoisotopic (exact) mass is 474 g/mol. The highest BCUT2D eigenvalue weighted by molar-refractivity contribution is 14.0. The van der Waals surface area contributed by atoms with Crippen molar-refractivity contribution < 1.29 is 0 Å². The van der Waals surface area contributed by atoms with Gasteiger partial charge in [-0.1, -0.05) is 13.0 Å². The molecule has 0 spiro atoms. The van der Waals surface area contributed by atoms with Crippen molar-refractivity contribution in [2.45, 2.75) is 32.7 Å². The molecule has 0 radical (unpaired) electrons. The maximum absolute atomic E-state index is 4.43. The number of halogens is 1. The summed E-state index contributed by atoms with van der Waals surface area (Å²) in [6.07, 6.45) is 5.66. The van der Waals surface area contributed by atoms with E-state index in [0.29, 0.717) is 6.54 Å². The molecule has 0 aromatic carbocycles. The Morgan fingerprint density at radius 3 is 2.69 bits per heavy atom. The first kappa shape index (κ1) is 23.0. The van der Waals surface area contributed by atoms with Crippen molar-refractivity contribution in [3.8, 4) is 0 Å². The van der Waals surface area contributed by atoms with Crippen LogP contribution in [0.25, 0.3) is 0 Å². The van der Waals surface area contributed by atoms with Gasteiger partial charge < -0.3 is 20.4 Å². The average molecular weight is 474 g/mol. The predicted molar refractivity (Wildman–Crippen MR) is 122 cm³/mol. The van der Waals surface area contributed by atoms with Gasteiger partial charge in [0.15, 0.2) is 5.96 Å². The summed E-state index contributed by atoms with van der Waals surface area (Å²) in [5.74, 6) is 2.74. The smallest absolute Gasteiger partial charge is 0.191 e. The van der Waals surface area contributed by atoms with Crippen molar-refractivity contribution >= 4 is 35.8 Å². The molecule has 7 heteroatoms. The number of hydrogen-bond acceptors (Lipinski definition) is 4. The fourth-order valence-electron chi connectivity index (χ4n) is 3.17. The minimum Gasteiger partial charge on any atom is -0.362 e. The number of nitrogens with one attached hydrogen (secondary N) is 2. The van der Waals surface area contributed by atoms with Gasteiger partial charge in [-0.25, -0.2) is 4.98 Å². The van der Waals surface area contributed by atoms with E-state index in [1.807, 2.05) is 38.3 Å². The molecule has 2 heterocycles. The van der Waals surface area contributed by atoms with Crippen LogP contribution < -0.4 is 15.5 Å². The van der Waals surface area contributed by atoms with Crippen molar-refractivity contribution in [2.24, 2.45) is 10.9 Å². The molecule has 0 saturated carbocycles. The van der Waals surface area contributed by atoms with Crippen LogP contribution in [0.2, 0.25) is 0 Å². The molecule has 2 rings (SSSR count). The van der Waals surface area contributed by atoms with E-state index in [9.17, 15) is 0 Å². The van der Waals surface area contributed by atoms with Crippen molar-refractivity contribution in [1.82, 2.24) is 20.5 Å². The van der Waals surface area contributed by atoms with Crippen LogP contribution in [-0.2, 0) is 6.54 Å². The van der Waals surface area contributed by atoms with Crippen molar-refractivity contribution in [1.29, 1.82) is 0 Å².